The second kappa shape index (κ2) is 8.03. The van der Waals surface area contributed by atoms with Crippen LogP contribution < -0.4 is 0 Å². The highest BCUT2D eigenvalue weighted by atomic mass is 16.1. The molecule has 0 radical (unpaired) electrons. The van der Waals surface area contributed by atoms with E-state index in [0.29, 0.717) is 6.42 Å². The summed E-state index contributed by atoms with van der Waals surface area (Å²) in [6.07, 6.45) is 8.53. The number of carbonyl (C=O) groups excluding carboxylic acids is 1. The Hall–Kier alpha value is -0.590. The molecule has 0 saturated heterocycles. The molecule has 0 aliphatic heterocycles. The molecule has 0 amide bonds. The first kappa shape index (κ1) is 12.4. The molecule has 0 atom stereocenters. The largest absolute Gasteiger partial charge is 0.303 e. The van der Waals surface area contributed by atoms with Crippen LogP contribution in [0, 0.1) is 5.92 Å². The van der Waals surface area contributed by atoms with Crippen LogP contribution in [0.3, 0.4) is 0 Å². The lowest BCUT2D eigenvalue weighted by Crippen LogP contribution is -1.87. The maximum Gasteiger partial charge on any atom is 0.120 e. The van der Waals surface area contributed by atoms with Gasteiger partial charge in [-0.3, -0.25) is 0 Å². The quantitative estimate of drug-likeness (QED) is 0.333. The summed E-state index contributed by atoms with van der Waals surface area (Å²) in [5, 5.41) is 0. The van der Waals surface area contributed by atoms with Crippen LogP contribution in [0.25, 0.3) is 0 Å². The summed E-state index contributed by atoms with van der Waals surface area (Å²) in [5.74, 6) is 0.808. The van der Waals surface area contributed by atoms with Crippen molar-refractivity contribution in [3.05, 3.63) is 11.6 Å². The van der Waals surface area contributed by atoms with Gasteiger partial charge in [-0.25, -0.2) is 0 Å². The van der Waals surface area contributed by atoms with Gasteiger partial charge in [0.05, 0.1) is 0 Å². The van der Waals surface area contributed by atoms with E-state index < -0.39 is 0 Å². The van der Waals surface area contributed by atoms with Gasteiger partial charge in [-0.2, -0.15) is 0 Å². The van der Waals surface area contributed by atoms with Gasteiger partial charge in [0.2, 0.25) is 0 Å². The number of aldehydes is 1. The minimum atomic E-state index is 0.668. The summed E-state index contributed by atoms with van der Waals surface area (Å²) in [5.41, 5.74) is 1.43. The standard InChI is InChI=1S/C12H22O/c1-11(2)7-6-9-12(3)8-4-5-10-13/h8,10-11H,4-7,9H2,1-3H3. The lowest BCUT2D eigenvalue weighted by Gasteiger charge is -2.04. The molecule has 0 aromatic heterocycles. The summed E-state index contributed by atoms with van der Waals surface area (Å²) < 4.78 is 0. The van der Waals surface area contributed by atoms with Gasteiger partial charge < -0.3 is 4.79 Å². The Morgan fingerprint density at radius 1 is 1.31 bits per heavy atom. The predicted octanol–water partition coefficient (Wildman–Crippen LogP) is 3.74. The van der Waals surface area contributed by atoms with Gasteiger partial charge in [-0.1, -0.05) is 31.9 Å². The summed E-state index contributed by atoms with van der Waals surface area (Å²) in [4.78, 5) is 10.1. The Morgan fingerprint density at radius 3 is 2.54 bits per heavy atom. The zero-order valence-electron chi connectivity index (χ0n) is 9.18. The molecule has 0 saturated carbocycles. The maximum atomic E-state index is 10.1. The van der Waals surface area contributed by atoms with Gasteiger partial charge in [0.15, 0.2) is 0 Å². The van der Waals surface area contributed by atoms with Crippen LogP contribution in [0.2, 0.25) is 0 Å². The second-order valence-corrected chi connectivity index (χ2v) is 4.08. The Kier molecular flexibility index (Phi) is 7.66. The average molecular weight is 182 g/mol. The number of rotatable bonds is 7. The molecular weight excluding hydrogens is 160 g/mol. The molecule has 0 aromatic rings. The summed E-state index contributed by atoms with van der Waals surface area (Å²) in [6, 6.07) is 0. The molecule has 13 heavy (non-hydrogen) atoms. The van der Waals surface area contributed by atoms with Gasteiger partial charge in [-0.15, -0.1) is 0 Å². The number of unbranched alkanes of at least 4 members (excludes halogenated alkanes) is 1. The van der Waals surface area contributed by atoms with E-state index >= 15 is 0 Å². The molecule has 0 unspecified atom stereocenters. The van der Waals surface area contributed by atoms with Crippen molar-refractivity contribution >= 4 is 6.29 Å². The van der Waals surface area contributed by atoms with E-state index in [1.165, 1.54) is 24.8 Å². The van der Waals surface area contributed by atoms with Crippen molar-refractivity contribution in [3.8, 4) is 0 Å². The average Bonchev–Trinajstić information content (AvgIpc) is 2.04. The monoisotopic (exact) mass is 182 g/mol. The third-order valence-electron chi connectivity index (χ3n) is 2.13. The maximum absolute atomic E-state index is 10.1. The van der Waals surface area contributed by atoms with Crippen molar-refractivity contribution in [2.45, 2.75) is 52.9 Å². The second-order valence-electron chi connectivity index (χ2n) is 4.08. The Bertz CT molecular complexity index is 157. The topological polar surface area (TPSA) is 17.1 Å². The molecule has 0 N–H and O–H groups in total. The molecule has 0 rings (SSSR count). The van der Waals surface area contributed by atoms with Crippen LogP contribution >= 0.6 is 0 Å². The summed E-state index contributed by atoms with van der Waals surface area (Å²) in [7, 11) is 0. The van der Waals surface area contributed by atoms with Crippen molar-refractivity contribution in [1.29, 1.82) is 0 Å². The number of carbonyl (C=O) groups is 1. The number of hydrogen-bond donors (Lipinski definition) is 0. The van der Waals surface area contributed by atoms with Gasteiger partial charge in [0, 0.05) is 6.42 Å². The smallest absolute Gasteiger partial charge is 0.120 e. The van der Waals surface area contributed by atoms with Crippen molar-refractivity contribution in [2.75, 3.05) is 0 Å². The van der Waals surface area contributed by atoms with E-state index in [2.05, 4.69) is 26.8 Å². The van der Waals surface area contributed by atoms with E-state index in [0.717, 1.165) is 18.6 Å². The van der Waals surface area contributed by atoms with Gasteiger partial charge in [-0.05, 0) is 32.1 Å². The normalized spacial score (nSPS) is 12.2. The first-order valence-corrected chi connectivity index (χ1v) is 5.26. The molecule has 0 spiro atoms. The molecular formula is C12H22O. The molecule has 76 valence electrons. The van der Waals surface area contributed by atoms with Crippen LogP contribution in [0.5, 0.6) is 0 Å². The Morgan fingerprint density at radius 2 is 2.00 bits per heavy atom. The first-order chi connectivity index (χ1) is 6.16. The zero-order valence-corrected chi connectivity index (χ0v) is 9.18. The van der Waals surface area contributed by atoms with Gasteiger partial charge >= 0.3 is 0 Å². The molecule has 0 aliphatic carbocycles. The van der Waals surface area contributed by atoms with Crippen molar-refractivity contribution < 1.29 is 4.79 Å². The molecule has 0 aliphatic rings. The Labute approximate surface area is 82.2 Å². The van der Waals surface area contributed by atoms with E-state index in [1.807, 2.05) is 0 Å². The fraction of sp³-hybridized carbons (Fsp3) is 0.750. The van der Waals surface area contributed by atoms with Crippen LogP contribution in [-0.2, 0) is 4.79 Å². The van der Waals surface area contributed by atoms with Crippen LogP contribution in [0.1, 0.15) is 52.9 Å². The van der Waals surface area contributed by atoms with Crippen LogP contribution in [0.15, 0.2) is 11.6 Å². The minimum absolute atomic E-state index is 0.668. The SMILES string of the molecule is CC(=CCCC=O)CCCC(C)C. The predicted molar refractivity (Wildman–Crippen MR) is 57.7 cm³/mol. The first-order valence-electron chi connectivity index (χ1n) is 5.26. The number of hydrogen-bond acceptors (Lipinski definition) is 1. The fourth-order valence-corrected chi connectivity index (χ4v) is 1.29. The highest BCUT2D eigenvalue weighted by Crippen LogP contribution is 2.12. The van der Waals surface area contributed by atoms with E-state index in [1.54, 1.807) is 0 Å². The lowest BCUT2D eigenvalue weighted by atomic mass is 10.0. The van der Waals surface area contributed by atoms with Crippen molar-refractivity contribution in [2.24, 2.45) is 5.92 Å². The summed E-state index contributed by atoms with van der Waals surface area (Å²) in [6.45, 7) is 6.67. The van der Waals surface area contributed by atoms with E-state index in [-0.39, 0.29) is 0 Å². The highest BCUT2D eigenvalue weighted by Gasteiger charge is 1.94. The molecule has 1 nitrogen and oxygen atoms in total. The van der Waals surface area contributed by atoms with Crippen LogP contribution in [-0.4, -0.2) is 6.29 Å². The molecule has 0 heterocycles. The van der Waals surface area contributed by atoms with E-state index in [9.17, 15) is 4.79 Å². The zero-order chi connectivity index (χ0) is 10.1. The van der Waals surface area contributed by atoms with Crippen LogP contribution in [0.4, 0.5) is 0 Å². The summed E-state index contributed by atoms with van der Waals surface area (Å²) >= 11 is 0. The number of allylic oxidation sites excluding steroid dienone is 2. The fourth-order valence-electron chi connectivity index (χ4n) is 1.29. The molecule has 0 bridgehead atoms. The minimum Gasteiger partial charge on any atom is -0.303 e. The molecule has 0 fully saturated rings. The third kappa shape index (κ3) is 9.32. The van der Waals surface area contributed by atoms with Crippen molar-refractivity contribution in [3.63, 3.8) is 0 Å². The Balaban J connectivity index is 3.43. The lowest BCUT2D eigenvalue weighted by molar-refractivity contribution is -0.107. The third-order valence-corrected chi connectivity index (χ3v) is 2.13. The van der Waals surface area contributed by atoms with Gasteiger partial charge in [0.1, 0.15) is 6.29 Å². The molecule has 1 heteroatoms. The highest BCUT2D eigenvalue weighted by molar-refractivity contribution is 5.49. The van der Waals surface area contributed by atoms with E-state index in [4.69, 9.17) is 0 Å². The van der Waals surface area contributed by atoms with Crippen molar-refractivity contribution in [1.82, 2.24) is 0 Å². The molecule has 0 aromatic carbocycles. The van der Waals surface area contributed by atoms with Gasteiger partial charge in [0.25, 0.3) is 0 Å².